The molecule has 2 aliphatic carbocycles. The first-order valence-electron chi connectivity index (χ1n) is 11.5. The number of halogens is 2. The van der Waals surface area contributed by atoms with Gasteiger partial charge in [0.05, 0.1) is 11.3 Å². The van der Waals surface area contributed by atoms with Crippen LogP contribution in [0.5, 0.6) is 0 Å². The number of pyridine rings is 1. The maximum Gasteiger partial charge on any atom is 0.169 e. The lowest BCUT2D eigenvalue weighted by Gasteiger charge is -2.10. The van der Waals surface area contributed by atoms with E-state index in [0.717, 1.165) is 17.5 Å². The van der Waals surface area contributed by atoms with E-state index in [2.05, 4.69) is 58.5 Å². The van der Waals surface area contributed by atoms with Crippen molar-refractivity contribution in [2.24, 2.45) is 11.7 Å². The molecule has 2 atom stereocenters. The number of rotatable bonds is 6. The second-order valence-electron chi connectivity index (χ2n) is 9.13. The maximum absolute atomic E-state index is 14.6. The Bertz CT molecular complexity index is 1380. The van der Waals surface area contributed by atoms with Gasteiger partial charge in [-0.05, 0) is 47.7 Å². The number of aromatic nitrogens is 3. The van der Waals surface area contributed by atoms with Gasteiger partial charge in [-0.1, -0.05) is 60.7 Å². The Hall–Kier alpha value is -3.64. The van der Waals surface area contributed by atoms with Crippen LogP contribution in [0.3, 0.4) is 0 Å². The van der Waals surface area contributed by atoms with Crippen LogP contribution in [0.25, 0.3) is 28.1 Å². The molecular formula is C28H24F2N4. The Morgan fingerprint density at radius 3 is 2.32 bits per heavy atom. The van der Waals surface area contributed by atoms with E-state index < -0.39 is 11.5 Å². The zero-order chi connectivity index (χ0) is 23.3. The van der Waals surface area contributed by atoms with Crippen molar-refractivity contribution < 1.29 is 8.78 Å². The monoisotopic (exact) mass is 454 g/mol. The molecule has 6 rings (SSSR count). The van der Waals surface area contributed by atoms with Gasteiger partial charge in [0.25, 0.3) is 0 Å². The van der Waals surface area contributed by atoms with Gasteiger partial charge in [-0.2, -0.15) is 0 Å². The van der Waals surface area contributed by atoms with E-state index in [0.29, 0.717) is 24.5 Å². The van der Waals surface area contributed by atoms with Gasteiger partial charge in [-0.25, -0.2) is 18.7 Å². The Labute approximate surface area is 196 Å². The van der Waals surface area contributed by atoms with E-state index in [-0.39, 0.29) is 23.7 Å². The van der Waals surface area contributed by atoms with Crippen LogP contribution in [0, 0.1) is 5.92 Å². The lowest BCUT2D eigenvalue weighted by molar-refractivity contribution is 0.290. The summed E-state index contributed by atoms with van der Waals surface area (Å²) in [5, 5.41) is 0. The minimum Gasteiger partial charge on any atom is -0.348 e. The van der Waals surface area contributed by atoms with Crippen molar-refractivity contribution in [1.29, 1.82) is 0 Å². The quantitative estimate of drug-likeness (QED) is 0.414. The molecule has 170 valence electrons. The highest BCUT2D eigenvalue weighted by molar-refractivity contribution is 5.78. The summed E-state index contributed by atoms with van der Waals surface area (Å²) < 4.78 is 31.1. The van der Waals surface area contributed by atoms with E-state index >= 15 is 0 Å². The Morgan fingerprint density at radius 1 is 0.941 bits per heavy atom. The average Bonchev–Trinajstić information content (AvgIpc) is 3.37. The van der Waals surface area contributed by atoms with Gasteiger partial charge in [0, 0.05) is 24.9 Å². The molecule has 2 unspecified atom stereocenters. The topological polar surface area (TPSA) is 56.7 Å². The van der Waals surface area contributed by atoms with Crippen LogP contribution < -0.4 is 5.73 Å². The average molecular weight is 455 g/mol. The summed E-state index contributed by atoms with van der Waals surface area (Å²) in [5.74, 6) is -0.840. The third kappa shape index (κ3) is 3.64. The standard InChI is InChI=1S/C28H24F2N4/c29-26-23(10-9-22-15-28(22,26)30)27-32-24-12-14-34(17-25(24)33-27)16-19-3-7-21(8-4-19)20-5-1-18(2-6-20)11-13-31/h1-10,12,14,17,22H,11,13,15-16,31H2. The number of imidazole rings is 1. The summed E-state index contributed by atoms with van der Waals surface area (Å²) in [7, 11) is 0. The molecule has 2 heterocycles. The molecule has 0 aromatic heterocycles. The van der Waals surface area contributed by atoms with Crippen molar-refractivity contribution in [3.05, 3.63) is 102 Å². The van der Waals surface area contributed by atoms with Gasteiger partial charge < -0.3 is 10.3 Å². The smallest absolute Gasteiger partial charge is 0.169 e. The summed E-state index contributed by atoms with van der Waals surface area (Å²) in [5.41, 5.74) is 9.99. The van der Waals surface area contributed by atoms with E-state index in [4.69, 9.17) is 5.73 Å². The molecule has 0 saturated heterocycles. The fraction of sp³-hybridized carbons (Fsp3) is 0.214. The molecule has 0 bridgehead atoms. The second kappa shape index (κ2) is 7.99. The Kier molecular flexibility index (Phi) is 4.92. The summed E-state index contributed by atoms with van der Waals surface area (Å²) in [6, 6.07) is 18.8. The molecule has 0 amide bonds. The molecule has 0 spiro atoms. The minimum absolute atomic E-state index is 0.158. The van der Waals surface area contributed by atoms with Gasteiger partial charge in [-0.15, -0.1) is 0 Å². The molecule has 2 aliphatic heterocycles. The molecule has 0 radical (unpaired) electrons. The summed E-state index contributed by atoms with van der Waals surface area (Å²) in [6.45, 7) is 1.32. The van der Waals surface area contributed by atoms with Crippen LogP contribution >= 0.6 is 0 Å². The number of hydrogen-bond acceptors (Lipinski definition) is 3. The maximum atomic E-state index is 14.6. The molecular weight excluding hydrogens is 430 g/mol. The van der Waals surface area contributed by atoms with Crippen molar-refractivity contribution in [2.45, 2.75) is 25.1 Å². The second-order valence-corrected chi connectivity index (χ2v) is 9.13. The third-order valence-electron chi connectivity index (χ3n) is 6.75. The molecule has 1 saturated carbocycles. The number of allylic oxidation sites excluding steroid dienone is 4. The lowest BCUT2D eigenvalue weighted by atomic mass is 10.0. The highest BCUT2D eigenvalue weighted by atomic mass is 19.2. The normalized spacial score (nSPS) is 21.2. The van der Waals surface area contributed by atoms with Gasteiger partial charge in [0.15, 0.2) is 11.5 Å². The molecule has 1 fully saturated rings. The van der Waals surface area contributed by atoms with Crippen LogP contribution in [0.4, 0.5) is 8.78 Å². The fourth-order valence-electron chi connectivity index (χ4n) is 4.63. The number of nitrogens with two attached hydrogens (primary N) is 1. The van der Waals surface area contributed by atoms with E-state index in [9.17, 15) is 8.78 Å². The highest BCUT2D eigenvalue weighted by Gasteiger charge is 2.60. The zero-order valence-electron chi connectivity index (χ0n) is 18.6. The Morgan fingerprint density at radius 2 is 1.62 bits per heavy atom. The van der Waals surface area contributed by atoms with E-state index in [1.54, 1.807) is 12.2 Å². The first-order valence-corrected chi connectivity index (χ1v) is 11.5. The van der Waals surface area contributed by atoms with Crippen molar-refractivity contribution >= 4 is 5.57 Å². The van der Waals surface area contributed by atoms with Crippen molar-refractivity contribution in [3.8, 4) is 22.5 Å². The molecule has 2 N–H and O–H groups in total. The first-order chi connectivity index (χ1) is 16.5. The van der Waals surface area contributed by atoms with Gasteiger partial charge in [0.1, 0.15) is 11.5 Å². The van der Waals surface area contributed by atoms with Crippen LogP contribution in [0.1, 0.15) is 23.4 Å². The minimum atomic E-state index is -1.85. The molecule has 4 nitrogen and oxygen atoms in total. The zero-order valence-corrected chi connectivity index (χ0v) is 18.6. The van der Waals surface area contributed by atoms with Gasteiger partial charge in [0.2, 0.25) is 0 Å². The van der Waals surface area contributed by atoms with Crippen LogP contribution in [0.2, 0.25) is 0 Å². The van der Waals surface area contributed by atoms with Crippen LogP contribution in [-0.2, 0) is 13.0 Å². The SMILES string of the molecule is NCCc1ccc(-c2ccc(Cn3ccc4nc(C5=C(F)C6(F)CC6C=C5)nc-4c3)cc2)cc1. The van der Waals surface area contributed by atoms with Crippen molar-refractivity contribution in [3.63, 3.8) is 0 Å². The number of benzene rings is 2. The molecule has 34 heavy (non-hydrogen) atoms. The number of fused-ring (bicyclic) bond motifs is 2. The van der Waals surface area contributed by atoms with Crippen LogP contribution in [0.15, 0.2) is 85.0 Å². The number of alkyl halides is 1. The summed E-state index contributed by atoms with van der Waals surface area (Å²) in [6.07, 6.45) is 8.25. The van der Waals surface area contributed by atoms with Gasteiger partial charge >= 0.3 is 0 Å². The molecule has 2 aromatic rings. The largest absolute Gasteiger partial charge is 0.348 e. The van der Waals surface area contributed by atoms with Gasteiger partial charge in [-0.3, -0.25) is 0 Å². The summed E-state index contributed by atoms with van der Waals surface area (Å²) >= 11 is 0. The first kappa shape index (κ1) is 20.9. The predicted molar refractivity (Wildman–Crippen MR) is 129 cm³/mol. The fourth-order valence-corrected chi connectivity index (χ4v) is 4.63. The van der Waals surface area contributed by atoms with Crippen molar-refractivity contribution in [2.75, 3.05) is 6.54 Å². The predicted octanol–water partition coefficient (Wildman–Crippen LogP) is 5.58. The van der Waals surface area contributed by atoms with Crippen LogP contribution in [-0.4, -0.2) is 26.7 Å². The van der Waals surface area contributed by atoms with E-state index in [1.165, 1.54) is 11.1 Å². The lowest BCUT2D eigenvalue weighted by Crippen LogP contribution is -2.10. The Balaban J connectivity index is 1.21. The highest BCUT2D eigenvalue weighted by Crippen LogP contribution is 2.58. The molecule has 4 aliphatic rings. The van der Waals surface area contributed by atoms with E-state index in [1.807, 2.05) is 23.0 Å². The van der Waals surface area contributed by atoms with Crippen molar-refractivity contribution in [1.82, 2.24) is 14.5 Å². The third-order valence-corrected chi connectivity index (χ3v) is 6.75. The number of hydrogen-bond donors (Lipinski definition) is 1. The molecule has 2 aromatic carbocycles. The molecule has 6 heteroatoms. The summed E-state index contributed by atoms with van der Waals surface area (Å²) in [4.78, 5) is 8.93. The number of nitrogens with zero attached hydrogens (tertiary/aromatic N) is 3.